The number of ether oxygens (including phenoxy) is 1. The largest absolute Gasteiger partial charge is 0.573 e. The molecule has 6 nitrogen and oxygen atoms in total. The number of benzene rings is 1. The lowest BCUT2D eigenvalue weighted by Gasteiger charge is -2.10. The molecule has 0 atom stereocenters. The van der Waals surface area contributed by atoms with E-state index in [4.69, 9.17) is 0 Å². The third kappa shape index (κ3) is 5.00. The Hall–Kier alpha value is -3.88. The van der Waals surface area contributed by atoms with Gasteiger partial charge >= 0.3 is 12.4 Å². The van der Waals surface area contributed by atoms with Crippen LogP contribution >= 0.6 is 0 Å². The average Bonchev–Trinajstić information content (AvgIpc) is 3.21. The summed E-state index contributed by atoms with van der Waals surface area (Å²) >= 11 is 0. The summed E-state index contributed by atoms with van der Waals surface area (Å²) in [6, 6.07) is 8.00. The molecule has 1 amide bonds. The SMILES string of the molecule is O=C(Nc1ccc(OC(F)(F)F)cc1)n1cc(-c2cccnc2)c(C2=CCCC=C2)n1. The quantitative estimate of drug-likeness (QED) is 0.585. The molecule has 0 saturated heterocycles. The summed E-state index contributed by atoms with van der Waals surface area (Å²) in [6.45, 7) is 0. The number of carbonyl (C=O) groups excluding carboxylic acids is 1. The minimum absolute atomic E-state index is 0.302. The summed E-state index contributed by atoms with van der Waals surface area (Å²) in [6.07, 6.45) is 8.07. The Morgan fingerprint density at radius 1 is 1.13 bits per heavy atom. The van der Waals surface area contributed by atoms with Crippen molar-refractivity contribution < 1.29 is 22.7 Å². The van der Waals surface area contributed by atoms with Crippen molar-refractivity contribution in [2.45, 2.75) is 19.2 Å². The van der Waals surface area contributed by atoms with E-state index in [9.17, 15) is 18.0 Å². The predicted octanol–water partition coefficient (Wildman–Crippen LogP) is 5.66. The number of pyridine rings is 1. The van der Waals surface area contributed by atoms with Crippen LogP contribution in [0.1, 0.15) is 18.5 Å². The van der Waals surface area contributed by atoms with Gasteiger partial charge in [0.15, 0.2) is 0 Å². The molecule has 31 heavy (non-hydrogen) atoms. The number of nitrogens with zero attached hydrogens (tertiary/aromatic N) is 3. The van der Waals surface area contributed by atoms with Gasteiger partial charge in [0.1, 0.15) is 11.4 Å². The zero-order chi connectivity index (χ0) is 21.8. The van der Waals surface area contributed by atoms with Gasteiger partial charge in [-0.1, -0.05) is 24.3 Å². The molecule has 2 aromatic heterocycles. The predicted molar refractivity (Wildman–Crippen MR) is 109 cm³/mol. The maximum atomic E-state index is 12.7. The third-order valence-corrected chi connectivity index (χ3v) is 4.50. The molecule has 3 aromatic rings. The molecule has 1 aliphatic carbocycles. The zero-order valence-corrected chi connectivity index (χ0v) is 16.1. The number of amides is 1. The van der Waals surface area contributed by atoms with Crippen LogP contribution in [0.15, 0.2) is 73.2 Å². The normalized spacial score (nSPS) is 13.6. The molecule has 1 N–H and O–H groups in total. The number of nitrogens with one attached hydrogen (secondary N) is 1. The Morgan fingerprint density at radius 3 is 2.58 bits per heavy atom. The highest BCUT2D eigenvalue weighted by Crippen LogP contribution is 2.30. The van der Waals surface area contributed by atoms with E-state index in [1.165, 1.54) is 16.8 Å². The van der Waals surface area contributed by atoms with Gasteiger partial charge in [-0.05, 0) is 48.7 Å². The summed E-state index contributed by atoms with van der Waals surface area (Å²) in [4.78, 5) is 16.9. The van der Waals surface area contributed by atoms with Crippen LogP contribution in [0.5, 0.6) is 5.75 Å². The number of hydrogen-bond acceptors (Lipinski definition) is 4. The van der Waals surface area contributed by atoms with Gasteiger partial charge in [0.05, 0.1) is 0 Å². The van der Waals surface area contributed by atoms with Gasteiger partial charge in [0.2, 0.25) is 0 Å². The molecular formula is C22H17F3N4O2. The molecule has 0 radical (unpaired) electrons. The molecule has 9 heteroatoms. The Labute approximate surface area is 175 Å². The van der Waals surface area contributed by atoms with E-state index >= 15 is 0 Å². The number of anilines is 1. The molecule has 1 aromatic carbocycles. The highest BCUT2D eigenvalue weighted by atomic mass is 19.4. The van der Waals surface area contributed by atoms with E-state index in [2.05, 4.69) is 26.2 Å². The van der Waals surface area contributed by atoms with E-state index in [-0.39, 0.29) is 5.75 Å². The van der Waals surface area contributed by atoms with Crippen LogP contribution in [0.4, 0.5) is 23.7 Å². The summed E-state index contributed by atoms with van der Waals surface area (Å²) in [5.74, 6) is -0.373. The van der Waals surface area contributed by atoms with Crippen molar-refractivity contribution in [3.63, 3.8) is 0 Å². The lowest BCUT2D eigenvalue weighted by atomic mass is 9.99. The molecule has 0 bridgehead atoms. The first-order valence-electron chi connectivity index (χ1n) is 9.43. The summed E-state index contributed by atoms with van der Waals surface area (Å²) in [5, 5.41) is 7.07. The second kappa shape index (κ2) is 8.47. The van der Waals surface area contributed by atoms with Gasteiger partial charge in [-0.25, -0.2) is 4.79 Å². The maximum absolute atomic E-state index is 12.7. The average molecular weight is 426 g/mol. The van der Waals surface area contributed by atoms with Crippen LogP contribution in [0.2, 0.25) is 0 Å². The standard InChI is InChI=1S/C22H17F3N4O2/c23-22(24,25)31-18-10-8-17(9-11-18)27-21(30)29-14-19(16-7-4-12-26-13-16)20(28-29)15-5-2-1-3-6-15/h2,4-14H,1,3H2,(H,27,30). The number of aromatic nitrogens is 3. The lowest BCUT2D eigenvalue weighted by Crippen LogP contribution is -2.20. The Balaban J connectivity index is 1.59. The van der Waals surface area contributed by atoms with Crippen molar-refractivity contribution in [1.29, 1.82) is 0 Å². The van der Waals surface area contributed by atoms with E-state index in [1.54, 1.807) is 24.7 Å². The van der Waals surface area contributed by atoms with Crippen molar-refractivity contribution in [1.82, 2.24) is 14.8 Å². The first kappa shape index (κ1) is 20.4. The molecule has 1 aliphatic rings. The number of hydrogen-bond donors (Lipinski definition) is 1. The fraction of sp³-hybridized carbons (Fsp3) is 0.136. The monoisotopic (exact) mass is 426 g/mol. The highest BCUT2D eigenvalue weighted by molar-refractivity contribution is 5.92. The zero-order valence-electron chi connectivity index (χ0n) is 16.1. The van der Waals surface area contributed by atoms with Crippen LogP contribution < -0.4 is 10.1 Å². The van der Waals surface area contributed by atoms with Gasteiger partial charge in [0.25, 0.3) is 0 Å². The molecule has 0 fully saturated rings. The number of allylic oxidation sites excluding steroid dienone is 4. The van der Waals surface area contributed by atoms with Crippen molar-refractivity contribution >= 4 is 17.3 Å². The first-order valence-corrected chi connectivity index (χ1v) is 9.43. The van der Waals surface area contributed by atoms with Crippen molar-refractivity contribution in [3.8, 4) is 16.9 Å². The Kier molecular flexibility index (Phi) is 5.57. The van der Waals surface area contributed by atoms with E-state index in [0.717, 1.165) is 41.7 Å². The summed E-state index contributed by atoms with van der Waals surface area (Å²) in [5.41, 5.74) is 3.41. The maximum Gasteiger partial charge on any atom is 0.573 e. The number of carbonyl (C=O) groups is 1. The van der Waals surface area contributed by atoms with Gasteiger partial charge in [-0.3, -0.25) is 4.98 Å². The van der Waals surface area contributed by atoms with Crippen LogP contribution in [-0.2, 0) is 0 Å². The molecule has 158 valence electrons. The Bertz CT molecular complexity index is 1130. The van der Waals surface area contributed by atoms with Gasteiger partial charge in [-0.15, -0.1) is 13.2 Å². The fourth-order valence-corrected chi connectivity index (χ4v) is 3.13. The van der Waals surface area contributed by atoms with Crippen LogP contribution in [0, 0.1) is 0 Å². The molecule has 0 unspecified atom stereocenters. The summed E-state index contributed by atoms with van der Waals surface area (Å²) in [7, 11) is 0. The molecule has 0 saturated carbocycles. The number of rotatable bonds is 4. The molecule has 0 spiro atoms. The smallest absolute Gasteiger partial charge is 0.406 e. The van der Waals surface area contributed by atoms with Crippen molar-refractivity contribution in [2.24, 2.45) is 0 Å². The minimum Gasteiger partial charge on any atom is -0.406 e. The second-order valence-corrected chi connectivity index (χ2v) is 6.72. The summed E-state index contributed by atoms with van der Waals surface area (Å²) < 4.78 is 41.9. The number of alkyl halides is 3. The van der Waals surface area contributed by atoms with Crippen LogP contribution in [-0.4, -0.2) is 27.2 Å². The van der Waals surface area contributed by atoms with Crippen molar-refractivity contribution in [3.05, 3.63) is 78.9 Å². The van der Waals surface area contributed by atoms with Gasteiger partial charge in [-0.2, -0.15) is 9.78 Å². The van der Waals surface area contributed by atoms with Gasteiger partial charge in [0, 0.05) is 35.4 Å². The van der Waals surface area contributed by atoms with Crippen molar-refractivity contribution in [2.75, 3.05) is 5.32 Å². The van der Waals surface area contributed by atoms with Gasteiger partial charge < -0.3 is 10.1 Å². The fourth-order valence-electron chi connectivity index (χ4n) is 3.13. The molecular weight excluding hydrogens is 409 g/mol. The number of halogens is 3. The second-order valence-electron chi connectivity index (χ2n) is 6.72. The minimum atomic E-state index is -4.78. The Morgan fingerprint density at radius 2 is 1.94 bits per heavy atom. The highest BCUT2D eigenvalue weighted by Gasteiger charge is 2.31. The van der Waals surface area contributed by atoms with Crippen LogP contribution in [0.3, 0.4) is 0 Å². The molecule has 4 rings (SSSR count). The third-order valence-electron chi connectivity index (χ3n) is 4.50. The molecule has 2 heterocycles. The topological polar surface area (TPSA) is 69.0 Å². The lowest BCUT2D eigenvalue weighted by molar-refractivity contribution is -0.274. The van der Waals surface area contributed by atoms with E-state index < -0.39 is 12.4 Å². The van der Waals surface area contributed by atoms with Crippen LogP contribution in [0.25, 0.3) is 16.7 Å². The molecule has 0 aliphatic heterocycles. The van der Waals surface area contributed by atoms with E-state index in [0.29, 0.717) is 11.4 Å². The first-order chi connectivity index (χ1) is 14.9. The van der Waals surface area contributed by atoms with E-state index in [1.807, 2.05) is 18.2 Å².